The Balaban J connectivity index is 1.64. The second-order valence-corrected chi connectivity index (χ2v) is 7.53. The van der Waals surface area contributed by atoms with Crippen molar-refractivity contribution in [1.29, 1.82) is 0 Å². The van der Waals surface area contributed by atoms with E-state index in [4.69, 9.17) is 0 Å². The van der Waals surface area contributed by atoms with Crippen LogP contribution in [-0.2, 0) is 11.3 Å². The van der Waals surface area contributed by atoms with Gasteiger partial charge >= 0.3 is 6.03 Å². The average Bonchev–Trinajstić information content (AvgIpc) is 3.00. The molecule has 0 aromatic heterocycles. The summed E-state index contributed by atoms with van der Waals surface area (Å²) in [7, 11) is 0. The topological polar surface area (TPSA) is 52.7 Å². The van der Waals surface area contributed by atoms with Gasteiger partial charge in [-0.05, 0) is 38.8 Å². The maximum absolute atomic E-state index is 12.6. The summed E-state index contributed by atoms with van der Waals surface area (Å²) >= 11 is 0. The van der Waals surface area contributed by atoms with Gasteiger partial charge < -0.3 is 15.1 Å². The van der Waals surface area contributed by atoms with Gasteiger partial charge in [0.2, 0.25) is 5.91 Å². The van der Waals surface area contributed by atoms with Crippen LogP contribution in [0.3, 0.4) is 0 Å². The summed E-state index contributed by atoms with van der Waals surface area (Å²) in [5, 5.41) is 3.04. The predicted molar refractivity (Wildman–Crippen MR) is 88.8 cm³/mol. The van der Waals surface area contributed by atoms with Gasteiger partial charge in [-0.1, -0.05) is 24.3 Å². The molecule has 2 atom stereocenters. The molecule has 0 aliphatic carbocycles. The lowest BCUT2D eigenvalue weighted by atomic mass is 10.1. The first-order valence-electron chi connectivity index (χ1n) is 8.23. The van der Waals surface area contributed by atoms with Gasteiger partial charge in [0.25, 0.3) is 0 Å². The summed E-state index contributed by atoms with van der Waals surface area (Å²) in [6.45, 7) is 9.33. The van der Waals surface area contributed by atoms with E-state index in [1.807, 2.05) is 49.6 Å². The number of nitrogens with zero attached hydrogens (tertiary/aromatic N) is 2. The summed E-state index contributed by atoms with van der Waals surface area (Å²) in [6.07, 6.45) is 0.387. The molecule has 2 heterocycles. The van der Waals surface area contributed by atoms with E-state index in [-0.39, 0.29) is 29.6 Å². The molecule has 5 nitrogen and oxygen atoms in total. The molecule has 2 unspecified atom stereocenters. The van der Waals surface area contributed by atoms with Crippen LogP contribution in [0.4, 0.5) is 4.79 Å². The van der Waals surface area contributed by atoms with Gasteiger partial charge in [0.05, 0.1) is 12.1 Å². The van der Waals surface area contributed by atoms with Gasteiger partial charge in [-0.25, -0.2) is 4.79 Å². The second kappa shape index (κ2) is 5.55. The number of likely N-dealkylation sites (tertiary alicyclic amines) is 1. The van der Waals surface area contributed by atoms with E-state index < -0.39 is 0 Å². The molecule has 1 saturated heterocycles. The Kier molecular flexibility index (Phi) is 3.82. The zero-order valence-electron chi connectivity index (χ0n) is 14.3. The van der Waals surface area contributed by atoms with Crippen molar-refractivity contribution in [3.63, 3.8) is 0 Å². The van der Waals surface area contributed by atoms with Crippen LogP contribution in [0.5, 0.6) is 0 Å². The second-order valence-electron chi connectivity index (χ2n) is 7.53. The molecule has 5 heteroatoms. The number of nitrogens with one attached hydrogen (secondary N) is 1. The van der Waals surface area contributed by atoms with Crippen molar-refractivity contribution >= 4 is 11.9 Å². The highest BCUT2D eigenvalue weighted by atomic mass is 16.2. The minimum Gasteiger partial charge on any atom is -0.336 e. The maximum atomic E-state index is 12.6. The molecule has 2 aliphatic rings. The Hall–Kier alpha value is -2.04. The van der Waals surface area contributed by atoms with Gasteiger partial charge in [-0.2, -0.15) is 0 Å². The number of hydrogen-bond acceptors (Lipinski definition) is 2. The molecule has 0 bridgehead atoms. The zero-order chi connectivity index (χ0) is 16.8. The first-order valence-corrected chi connectivity index (χ1v) is 8.23. The largest absolute Gasteiger partial charge is 0.336 e. The van der Waals surface area contributed by atoms with E-state index in [1.54, 1.807) is 0 Å². The standard InChI is InChI=1S/C18H25N3O2/c1-12-15-8-6-5-7-13(15)10-20(12)17(23)19-14-9-16(22)21(11-14)18(2,3)4/h5-8,12,14H,9-11H2,1-4H3,(H,19,23). The molecular formula is C18H25N3O2. The highest BCUT2D eigenvalue weighted by Gasteiger charge is 2.38. The number of benzene rings is 1. The van der Waals surface area contributed by atoms with Crippen molar-refractivity contribution in [3.05, 3.63) is 35.4 Å². The quantitative estimate of drug-likeness (QED) is 0.866. The molecule has 1 N–H and O–H groups in total. The smallest absolute Gasteiger partial charge is 0.318 e. The van der Waals surface area contributed by atoms with Crippen LogP contribution >= 0.6 is 0 Å². The van der Waals surface area contributed by atoms with Crippen LogP contribution in [0.15, 0.2) is 24.3 Å². The first kappa shape index (κ1) is 15.8. The van der Waals surface area contributed by atoms with E-state index in [1.165, 1.54) is 11.1 Å². The summed E-state index contributed by atoms with van der Waals surface area (Å²) < 4.78 is 0. The predicted octanol–water partition coefficient (Wildman–Crippen LogP) is 2.67. The van der Waals surface area contributed by atoms with Gasteiger partial charge in [-0.15, -0.1) is 0 Å². The number of carbonyl (C=O) groups is 2. The highest BCUT2D eigenvalue weighted by Crippen LogP contribution is 2.33. The molecule has 1 fully saturated rings. The van der Waals surface area contributed by atoms with Crippen molar-refractivity contribution in [2.24, 2.45) is 0 Å². The van der Waals surface area contributed by atoms with Crippen LogP contribution in [0.25, 0.3) is 0 Å². The Bertz CT molecular complexity index is 635. The van der Waals surface area contributed by atoms with E-state index in [9.17, 15) is 9.59 Å². The molecule has 0 radical (unpaired) electrons. The fraction of sp³-hybridized carbons (Fsp3) is 0.556. The molecular weight excluding hydrogens is 290 g/mol. The molecule has 2 aliphatic heterocycles. The fourth-order valence-corrected chi connectivity index (χ4v) is 3.53. The minimum absolute atomic E-state index is 0.0713. The van der Waals surface area contributed by atoms with Crippen LogP contribution in [0.1, 0.15) is 51.3 Å². The Morgan fingerprint density at radius 3 is 2.57 bits per heavy atom. The van der Waals surface area contributed by atoms with Crippen LogP contribution in [-0.4, -0.2) is 39.9 Å². The van der Waals surface area contributed by atoms with Crippen LogP contribution in [0.2, 0.25) is 0 Å². The lowest BCUT2D eigenvalue weighted by Crippen LogP contribution is -2.47. The number of rotatable bonds is 1. The molecule has 0 spiro atoms. The monoisotopic (exact) mass is 315 g/mol. The number of hydrogen-bond donors (Lipinski definition) is 1. The summed E-state index contributed by atoms with van der Waals surface area (Å²) in [5.41, 5.74) is 2.21. The number of urea groups is 1. The van der Waals surface area contributed by atoms with Gasteiger partial charge in [0.1, 0.15) is 0 Å². The molecule has 0 saturated carbocycles. The summed E-state index contributed by atoms with van der Waals surface area (Å²) in [6, 6.07) is 8.04. The third kappa shape index (κ3) is 2.92. The van der Waals surface area contributed by atoms with Crippen molar-refractivity contribution in [2.45, 2.75) is 58.3 Å². The Morgan fingerprint density at radius 1 is 1.26 bits per heavy atom. The molecule has 1 aromatic rings. The van der Waals surface area contributed by atoms with Crippen LogP contribution < -0.4 is 5.32 Å². The molecule has 3 rings (SSSR count). The number of amides is 3. The van der Waals surface area contributed by atoms with Gasteiger partial charge in [0, 0.05) is 25.0 Å². The highest BCUT2D eigenvalue weighted by molar-refractivity contribution is 5.82. The Labute approximate surface area is 137 Å². The SMILES string of the molecule is CC1c2ccccc2CN1C(=O)NC1CC(=O)N(C(C)(C)C)C1. The van der Waals surface area contributed by atoms with Crippen molar-refractivity contribution in [3.8, 4) is 0 Å². The van der Waals surface area contributed by atoms with E-state index in [2.05, 4.69) is 17.4 Å². The van der Waals surface area contributed by atoms with E-state index >= 15 is 0 Å². The summed E-state index contributed by atoms with van der Waals surface area (Å²) in [4.78, 5) is 28.5. The molecule has 3 amide bonds. The van der Waals surface area contributed by atoms with Crippen molar-refractivity contribution < 1.29 is 9.59 Å². The van der Waals surface area contributed by atoms with Gasteiger partial charge in [0.15, 0.2) is 0 Å². The van der Waals surface area contributed by atoms with Crippen molar-refractivity contribution in [1.82, 2.24) is 15.1 Å². The first-order chi connectivity index (χ1) is 10.8. The van der Waals surface area contributed by atoms with Crippen molar-refractivity contribution in [2.75, 3.05) is 6.54 Å². The lowest BCUT2D eigenvalue weighted by molar-refractivity contribution is -0.131. The molecule has 23 heavy (non-hydrogen) atoms. The number of carbonyl (C=O) groups excluding carboxylic acids is 2. The third-order valence-corrected chi connectivity index (χ3v) is 4.84. The fourth-order valence-electron chi connectivity index (χ4n) is 3.53. The Morgan fingerprint density at radius 2 is 1.96 bits per heavy atom. The van der Waals surface area contributed by atoms with E-state index in [0.29, 0.717) is 19.5 Å². The minimum atomic E-state index is -0.201. The number of fused-ring (bicyclic) bond motifs is 1. The van der Waals surface area contributed by atoms with Gasteiger partial charge in [-0.3, -0.25) is 4.79 Å². The lowest BCUT2D eigenvalue weighted by Gasteiger charge is -2.32. The third-order valence-electron chi connectivity index (χ3n) is 4.84. The molecule has 1 aromatic carbocycles. The molecule has 124 valence electrons. The zero-order valence-corrected chi connectivity index (χ0v) is 14.3. The average molecular weight is 315 g/mol. The maximum Gasteiger partial charge on any atom is 0.318 e. The van der Waals surface area contributed by atoms with E-state index in [0.717, 1.165) is 0 Å². The normalized spacial score (nSPS) is 24.1. The van der Waals surface area contributed by atoms with Crippen LogP contribution in [0, 0.1) is 0 Å². The summed E-state index contributed by atoms with van der Waals surface area (Å²) in [5.74, 6) is 0.112.